The average Bonchev–Trinajstić information content (AvgIpc) is 2.54. The van der Waals surface area contributed by atoms with Crippen molar-refractivity contribution in [3.63, 3.8) is 0 Å². The van der Waals surface area contributed by atoms with Gasteiger partial charge in [0.15, 0.2) is 0 Å². The van der Waals surface area contributed by atoms with Crippen molar-refractivity contribution < 1.29 is 14.5 Å². The number of nitro groups is 1. The molecule has 6 heteroatoms. The lowest BCUT2D eigenvalue weighted by molar-refractivity contribution is -0.384. The molecule has 6 nitrogen and oxygen atoms in total. The lowest BCUT2D eigenvalue weighted by Crippen LogP contribution is -2.07. The van der Waals surface area contributed by atoms with Gasteiger partial charge in [0.25, 0.3) is 5.69 Å². The topological polar surface area (TPSA) is 81.5 Å². The normalized spacial score (nSPS) is 10.4. The number of nitrogens with zero attached hydrogens (tertiary/aromatic N) is 1. The lowest BCUT2D eigenvalue weighted by atomic mass is 10.2. The predicted octanol–water partition coefficient (Wildman–Crippen LogP) is 3.26. The van der Waals surface area contributed by atoms with Crippen LogP contribution in [0.15, 0.2) is 54.6 Å². The minimum Gasteiger partial charge on any atom is -0.497 e. The van der Waals surface area contributed by atoms with Gasteiger partial charge in [0.1, 0.15) is 5.75 Å². The quantitative estimate of drug-likeness (QED) is 0.522. The Hall–Kier alpha value is -3.15. The van der Waals surface area contributed by atoms with Crippen LogP contribution in [0.5, 0.6) is 5.75 Å². The fraction of sp³-hybridized carbons (Fsp3) is 0.0625. The standard InChI is InChI=1S/C16H14N2O4/c1-22-15-9-5-13(6-10-15)17-16(19)11-4-12-2-7-14(8-3-12)18(20)21/h2-11H,1H3,(H,17,19)/b11-4-. The summed E-state index contributed by atoms with van der Waals surface area (Å²) in [4.78, 5) is 21.9. The van der Waals surface area contributed by atoms with Crippen molar-refractivity contribution in [2.24, 2.45) is 0 Å². The number of hydrogen-bond donors (Lipinski definition) is 1. The van der Waals surface area contributed by atoms with Crippen molar-refractivity contribution in [1.82, 2.24) is 0 Å². The summed E-state index contributed by atoms with van der Waals surface area (Å²) >= 11 is 0. The molecule has 0 heterocycles. The highest BCUT2D eigenvalue weighted by Crippen LogP contribution is 2.15. The Morgan fingerprint density at radius 2 is 1.77 bits per heavy atom. The zero-order valence-corrected chi connectivity index (χ0v) is 11.9. The summed E-state index contributed by atoms with van der Waals surface area (Å²) in [5.74, 6) is 0.419. The Morgan fingerprint density at radius 1 is 1.14 bits per heavy atom. The van der Waals surface area contributed by atoms with Crippen LogP contribution in [0.4, 0.5) is 11.4 Å². The van der Waals surface area contributed by atoms with Gasteiger partial charge in [-0.15, -0.1) is 0 Å². The molecular weight excluding hydrogens is 284 g/mol. The van der Waals surface area contributed by atoms with Crippen LogP contribution in [-0.2, 0) is 4.79 Å². The summed E-state index contributed by atoms with van der Waals surface area (Å²) in [5, 5.41) is 13.2. The van der Waals surface area contributed by atoms with Crippen molar-refractivity contribution in [1.29, 1.82) is 0 Å². The monoisotopic (exact) mass is 298 g/mol. The maximum Gasteiger partial charge on any atom is 0.269 e. The van der Waals surface area contributed by atoms with E-state index in [4.69, 9.17) is 4.74 Å². The number of hydrogen-bond acceptors (Lipinski definition) is 4. The largest absolute Gasteiger partial charge is 0.497 e. The lowest BCUT2D eigenvalue weighted by Gasteiger charge is -2.03. The van der Waals surface area contributed by atoms with Crippen LogP contribution in [0.1, 0.15) is 5.56 Å². The molecule has 2 aromatic rings. The summed E-state index contributed by atoms with van der Waals surface area (Å²) < 4.78 is 5.03. The highest BCUT2D eigenvalue weighted by atomic mass is 16.6. The molecule has 1 amide bonds. The zero-order chi connectivity index (χ0) is 15.9. The second-order valence-electron chi connectivity index (χ2n) is 4.40. The third-order valence-electron chi connectivity index (χ3n) is 2.89. The molecule has 0 unspecified atom stereocenters. The Balaban J connectivity index is 1.96. The summed E-state index contributed by atoms with van der Waals surface area (Å²) in [6, 6.07) is 12.9. The van der Waals surface area contributed by atoms with Gasteiger partial charge < -0.3 is 10.1 Å². The smallest absolute Gasteiger partial charge is 0.269 e. The van der Waals surface area contributed by atoms with E-state index in [-0.39, 0.29) is 11.6 Å². The molecule has 0 bridgehead atoms. The Morgan fingerprint density at radius 3 is 2.32 bits per heavy atom. The molecule has 0 spiro atoms. The van der Waals surface area contributed by atoms with Crippen molar-refractivity contribution in [2.75, 3.05) is 12.4 Å². The number of non-ortho nitro benzene ring substituents is 1. The number of carbonyl (C=O) groups excluding carboxylic acids is 1. The highest BCUT2D eigenvalue weighted by Gasteiger charge is 2.03. The van der Waals surface area contributed by atoms with Gasteiger partial charge in [-0.3, -0.25) is 14.9 Å². The highest BCUT2D eigenvalue weighted by molar-refractivity contribution is 6.01. The Labute approximate surface area is 127 Å². The van der Waals surface area contributed by atoms with Crippen molar-refractivity contribution in [2.45, 2.75) is 0 Å². The first-order valence-electron chi connectivity index (χ1n) is 6.46. The van der Waals surface area contributed by atoms with Crippen molar-refractivity contribution in [3.8, 4) is 5.75 Å². The van der Waals surface area contributed by atoms with Crippen LogP contribution < -0.4 is 10.1 Å². The molecule has 0 aliphatic carbocycles. The van der Waals surface area contributed by atoms with E-state index in [1.807, 2.05) is 0 Å². The van der Waals surface area contributed by atoms with E-state index >= 15 is 0 Å². The fourth-order valence-corrected chi connectivity index (χ4v) is 1.74. The molecule has 0 radical (unpaired) electrons. The van der Waals surface area contributed by atoms with E-state index in [2.05, 4.69) is 5.32 Å². The van der Waals surface area contributed by atoms with Crippen LogP contribution in [0.25, 0.3) is 6.08 Å². The van der Waals surface area contributed by atoms with Gasteiger partial charge in [0.2, 0.25) is 5.91 Å². The molecule has 112 valence electrons. The number of nitro benzene ring substituents is 1. The van der Waals surface area contributed by atoms with Gasteiger partial charge in [-0.05, 0) is 48.0 Å². The number of nitrogens with one attached hydrogen (secondary N) is 1. The number of benzene rings is 2. The minimum atomic E-state index is -0.468. The molecule has 0 atom stereocenters. The summed E-state index contributed by atoms with van der Waals surface area (Å²) in [7, 11) is 1.57. The summed E-state index contributed by atoms with van der Waals surface area (Å²) in [5.41, 5.74) is 1.37. The number of rotatable bonds is 5. The van der Waals surface area contributed by atoms with Crippen LogP contribution in [0.3, 0.4) is 0 Å². The SMILES string of the molecule is COc1ccc(NC(=O)/C=C\c2ccc([N+](=O)[O-])cc2)cc1. The predicted molar refractivity (Wildman–Crippen MR) is 83.8 cm³/mol. The summed E-state index contributed by atoms with van der Waals surface area (Å²) in [6.07, 6.45) is 2.95. The maximum absolute atomic E-state index is 11.8. The molecule has 0 saturated carbocycles. The number of methoxy groups -OCH3 is 1. The van der Waals surface area contributed by atoms with Gasteiger partial charge >= 0.3 is 0 Å². The second-order valence-corrected chi connectivity index (χ2v) is 4.40. The third-order valence-corrected chi connectivity index (χ3v) is 2.89. The van der Waals surface area contributed by atoms with Crippen LogP contribution >= 0.6 is 0 Å². The molecule has 0 aromatic heterocycles. The fourth-order valence-electron chi connectivity index (χ4n) is 1.74. The molecule has 22 heavy (non-hydrogen) atoms. The van der Waals surface area contributed by atoms with Gasteiger partial charge in [-0.1, -0.05) is 0 Å². The van der Waals surface area contributed by atoms with Gasteiger partial charge in [-0.2, -0.15) is 0 Å². The first-order valence-corrected chi connectivity index (χ1v) is 6.46. The number of ether oxygens (including phenoxy) is 1. The Bertz CT molecular complexity index is 691. The van der Waals surface area contributed by atoms with E-state index in [0.29, 0.717) is 17.0 Å². The molecule has 2 aromatic carbocycles. The Kier molecular flexibility index (Phi) is 4.87. The minimum absolute atomic E-state index is 0.0137. The van der Waals surface area contributed by atoms with Crippen LogP contribution in [-0.4, -0.2) is 17.9 Å². The summed E-state index contributed by atoms with van der Waals surface area (Å²) in [6.45, 7) is 0. The van der Waals surface area contributed by atoms with Crippen molar-refractivity contribution in [3.05, 3.63) is 70.3 Å². The zero-order valence-electron chi connectivity index (χ0n) is 11.9. The second kappa shape index (κ2) is 7.03. The third kappa shape index (κ3) is 4.17. The van der Waals surface area contributed by atoms with E-state index in [9.17, 15) is 14.9 Å². The van der Waals surface area contributed by atoms with E-state index in [1.54, 1.807) is 49.6 Å². The van der Waals surface area contributed by atoms with E-state index in [0.717, 1.165) is 0 Å². The molecular formula is C16H14N2O4. The molecule has 0 fully saturated rings. The number of anilines is 1. The molecule has 1 N–H and O–H groups in total. The number of amides is 1. The average molecular weight is 298 g/mol. The molecule has 0 aliphatic heterocycles. The molecule has 2 rings (SSSR count). The number of carbonyl (C=O) groups is 1. The van der Waals surface area contributed by atoms with Gasteiger partial charge in [0, 0.05) is 23.9 Å². The van der Waals surface area contributed by atoms with E-state index < -0.39 is 4.92 Å². The van der Waals surface area contributed by atoms with Crippen molar-refractivity contribution >= 4 is 23.4 Å². The first-order chi connectivity index (χ1) is 10.6. The molecule has 0 saturated heterocycles. The van der Waals surface area contributed by atoms with E-state index in [1.165, 1.54) is 18.2 Å². The van der Waals surface area contributed by atoms with Crippen LogP contribution in [0.2, 0.25) is 0 Å². The van der Waals surface area contributed by atoms with Gasteiger partial charge in [0.05, 0.1) is 12.0 Å². The maximum atomic E-state index is 11.8. The first kappa shape index (κ1) is 15.2. The van der Waals surface area contributed by atoms with Crippen LogP contribution in [0, 0.1) is 10.1 Å². The van der Waals surface area contributed by atoms with Gasteiger partial charge in [-0.25, -0.2) is 0 Å². The molecule has 0 aliphatic rings.